The lowest BCUT2D eigenvalue weighted by molar-refractivity contribution is 0.0210. The summed E-state index contributed by atoms with van der Waals surface area (Å²) in [5.41, 5.74) is 4.47. The fourth-order valence-electron chi connectivity index (χ4n) is 4.63. The molecule has 0 aliphatic carbocycles. The Labute approximate surface area is 232 Å². The Morgan fingerprint density at radius 2 is 1.78 bits per heavy atom. The van der Waals surface area contributed by atoms with Crippen molar-refractivity contribution in [3.8, 4) is 5.69 Å². The summed E-state index contributed by atoms with van der Waals surface area (Å²) in [5, 5.41) is 7.27. The number of benzene rings is 2. The van der Waals surface area contributed by atoms with Crippen molar-refractivity contribution in [2.24, 2.45) is 0 Å². The van der Waals surface area contributed by atoms with Gasteiger partial charge >= 0.3 is 0 Å². The molecule has 10 heteroatoms. The van der Waals surface area contributed by atoms with E-state index in [4.69, 9.17) is 49.4 Å². The van der Waals surface area contributed by atoms with E-state index in [9.17, 15) is 0 Å². The van der Waals surface area contributed by atoms with Crippen LogP contribution in [0.1, 0.15) is 16.7 Å². The van der Waals surface area contributed by atoms with Crippen molar-refractivity contribution >= 4 is 52.4 Å². The number of ether oxygens (including phenoxy) is 2. The average Bonchev–Trinajstić information content (AvgIpc) is 3.19. The van der Waals surface area contributed by atoms with Crippen LogP contribution in [0.4, 0.5) is 5.82 Å². The second-order valence-electron chi connectivity index (χ2n) is 8.94. The molecule has 6 nitrogen and oxygen atoms in total. The first kappa shape index (κ1) is 27.6. The maximum atomic E-state index is 6.61. The molecule has 1 aromatic heterocycles. The summed E-state index contributed by atoms with van der Waals surface area (Å²) in [6.07, 6.45) is 2.97. The quantitative estimate of drug-likeness (QED) is 0.214. The molecule has 0 bridgehead atoms. The summed E-state index contributed by atoms with van der Waals surface area (Å²) in [5.74, 6) is 0.934. The van der Waals surface area contributed by atoms with E-state index in [0.29, 0.717) is 47.1 Å². The molecule has 4 rings (SSSR count). The Morgan fingerprint density at radius 3 is 2.42 bits per heavy atom. The van der Waals surface area contributed by atoms with Gasteiger partial charge in [-0.05, 0) is 35.9 Å². The molecule has 1 unspecified atom stereocenters. The van der Waals surface area contributed by atoms with Crippen molar-refractivity contribution in [3.63, 3.8) is 0 Å². The number of hydrogen-bond donors (Lipinski definition) is 0. The van der Waals surface area contributed by atoms with Crippen LogP contribution in [0.2, 0.25) is 15.1 Å². The molecule has 0 amide bonds. The Kier molecular flexibility index (Phi) is 9.50. The molecule has 36 heavy (non-hydrogen) atoms. The summed E-state index contributed by atoms with van der Waals surface area (Å²) < 4.78 is 13.0. The highest BCUT2D eigenvalue weighted by Crippen LogP contribution is 2.39. The van der Waals surface area contributed by atoms with Crippen LogP contribution in [-0.2, 0) is 29.0 Å². The lowest BCUT2D eigenvalue weighted by Gasteiger charge is -2.37. The van der Waals surface area contributed by atoms with Gasteiger partial charge in [0.25, 0.3) is 0 Å². The predicted octanol–water partition coefficient (Wildman–Crippen LogP) is 6.21. The lowest BCUT2D eigenvalue weighted by atomic mass is 9.94. The van der Waals surface area contributed by atoms with E-state index in [1.54, 1.807) is 31.0 Å². The van der Waals surface area contributed by atoms with Gasteiger partial charge < -0.3 is 14.4 Å². The number of rotatable bonds is 10. The van der Waals surface area contributed by atoms with Crippen LogP contribution in [0.15, 0.2) is 41.4 Å². The number of methoxy groups -OCH3 is 1. The first-order valence-corrected chi connectivity index (χ1v) is 14.1. The molecule has 2 heterocycles. The zero-order valence-electron chi connectivity index (χ0n) is 20.9. The number of hydrogen-bond acceptors (Lipinski definition) is 6. The third-order valence-electron chi connectivity index (χ3n) is 6.30. The Hall–Kier alpha value is -1.45. The predicted molar refractivity (Wildman–Crippen MR) is 151 cm³/mol. The molecular formula is C26H31Cl3N4O2S. The highest BCUT2D eigenvalue weighted by atomic mass is 35.5. The summed E-state index contributed by atoms with van der Waals surface area (Å²) in [4.78, 5) is 4.54. The zero-order chi connectivity index (χ0) is 25.8. The third-order valence-corrected chi connectivity index (χ3v) is 7.81. The van der Waals surface area contributed by atoms with E-state index >= 15 is 0 Å². The number of nitrogens with zero attached hydrogens (tertiary/aromatic N) is 4. The minimum atomic E-state index is 0.229. The fraction of sp³-hybridized carbons (Fsp3) is 0.423. The molecule has 3 aromatic rings. The lowest BCUT2D eigenvalue weighted by Crippen LogP contribution is -2.43. The van der Waals surface area contributed by atoms with Crippen LogP contribution < -0.4 is 4.90 Å². The maximum Gasteiger partial charge on any atom is 0.137 e. The number of fused-ring (bicyclic) bond motifs is 1. The number of anilines is 1. The molecule has 1 atom stereocenters. The normalized spacial score (nSPS) is 15.8. The highest BCUT2D eigenvalue weighted by molar-refractivity contribution is 7.98. The molecule has 0 saturated carbocycles. The Bertz CT molecular complexity index is 1180. The van der Waals surface area contributed by atoms with Gasteiger partial charge in [0.15, 0.2) is 0 Å². The van der Waals surface area contributed by atoms with Crippen LogP contribution >= 0.6 is 46.6 Å². The SMILES string of the molecule is COCCOCC1Cc2ccccc2CN1Cc1c(SC)nn(-c2c(Cl)cc(Cl)cc2Cl)c1N(C)C. The van der Waals surface area contributed by atoms with E-state index in [0.717, 1.165) is 29.4 Å². The van der Waals surface area contributed by atoms with Crippen LogP contribution in [0, 0.1) is 0 Å². The molecule has 0 spiro atoms. The Balaban J connectivity index is 1.73. The van der Waals surface area contributed by atoms with Crippen molar-refractivity contribution in [1.29, 1.82) is 0 Å². The van der Waals surface area contributed by atoms with Gasteiger partial charge in [0.1, 0.15) is 16.5 Å². The van der Waals surface area contributed by atoms with Gasteiger partial charge in [-0.2, -0.15) is 5.10 Å². The maximum absolute atomic E-state index is 6.61. The summed E-state index contributed by atoms with van der Waals surface area (Å²) >= 11 is 21.0. The first-order valence-electron chi connectivity index (χ1n) is 11.7. The summed E-state index contributed by atoms with van der Waals surface area (Å²) in [6, 6.07) is 12.3. The van der Waals surface area contributed by atoms with Crippen molar-refractivity contribution in [2.75, 3.05) is 52.2 Å². The molecule has 0 saturated heterocycles. The summed E-state index contributed by atoms with van der Waals surface area (Å²) in [6.45, 7) is 3.33. The van der Waals surface area contributed by atoms with Crippen LogP contribution in [0.25, 0.3) is 5.69 Å². The van der Waals surface area contributed by atoms with E-state index in [2.05, 4.69) is 34.1 Å². The molecule has 0 fully saturated rings. The van der Waals surface area contributed by atoms with Gasteiger partial charge in [-0.1, -0.05) is 59.1 Å². The van der Waals surface area contributed by atoms with Crippen LogP contribution in [0.3, 0.4) is 0 Å². The molecular weight excluding hydrogens is 539 g/mol. The second-order valence-corrected chi connectivity index (χ2v) is 11.0. The van der Waals surface area contributed by atoms with Crippen LogP contribution in [-0.4, -0.2) is 68.0 Å². The number of aromatic nitrogens is 2. The van der Waals surface area contributed by atoms with Gasteiger partial charge in [0.05, 0.1) is 29.9 Å². The second kappa shape index (κ2) is 12.4. The van der Waals surface area contributed by atoms with Gasteiger partial charge in [-0.3, -0.25) is 4.90 Å². The van der Waals surface area contributed by atoms with Gasteiger partial charge in [-0.25, -0.2) is 4.68 Å². The molecule has 194 valence electrons. The third kappa shape index (κ3) is 5.99. The van der Waals surface area contributed by atoms with Gasteiger partial charge in [0.2, 0.25) is 0 Å². The average molecular weight is 570 g/mol. The standard InChI is InChI=1S/C26H31Cl3N4O2S/c1-31(2)26-21(25(36-4)30-33(26)24-22(28)12-19(27)13-23(24)29)15-32-14-18-8-6-5-7-17(18)11-20(32)16-35-10-9-34-3/h5-8,12-13,20H,9-11,14-16H2,1-4H3. The van der Waals surface area contributed by atoms with Crippen molar-refractivity contribution in [3.05, 3.63) is 68.2 Å². The van der Waals surface area contributed by atoms with E-state index < -0.39 is 0 Å². The Morgan fingerprint density at radius 1 is 1.08 bits per heavy atom. The fourth-order valence-corrected chi connectivity index (χ4v) is 6.17. The summed E-state index contributed by atoms with van der Waals surface area (Å²) in [7, 11) is 5.71. The van der Waals surface area contributed by atoms with Gasteiger partial charge in [0, 0.05) is 50.9 Å². The number of thioether (sulfide) groups is 1. The monoisotopic (exact) mass is 568 g/mol. The topological polar surface area (TPSA) is 42.8 Å². The van der Waals surface area contributed by atoms with Crippen molar-refractivity contribution < 1.29 is 9.47 Å². The first-order chi connectivity index (χ1) is 17.3. The smallest absolute Gasteiger partial charge is 0.137 e. The van der Waals surface area contributed by atoms with Gasteiger partial charge in [-0.15, -0.1) is 11.8 Å². The largest absolute Gasteiger partial charge is 0.382 e. The number of halogens is 3. The van der Waals surface area contributed by atoms with E-state index in [-0.39, 0.29) is 6.04 Å². The van der Waals surface area contributed by atoms with E-state index in [1.165, 1.54) is 11.1 Å². The molecule has 0 radical (unpaired) electrons. The minimum Gasteiger partial charge on any atom is -0.382 e. The zero-order valence-corrected chi connectivity index (χ0v) is 24.0. The highest BCUT2D eigenvalue weighted by Gasteiger charge is 2.30. The van der Waals surface area contributed by atoms with E-state index in [1.807, 2.05) is 25.0 Å². The molecule has 2 aromatic carbocycles. The van der Waals surface area contributed by atoms with Crippen LogP contribution in [0.5, 0.6) is 0 Å². The molecule has 1 aliphatic heterocycles. The minimum absolute atomic E-state index is 0.229. The molecule has 1 aliphatic rings. The molecule has 0 N–H and O–H groups in total. The van der Waals surface area contributed by atoms with Crippen molar-refractivity contribution in [2.45, 2.75) is 30.6 Å². The van der Waals surface area contributed by atoms with Crippen molar-refractivity contribution in [1.82, 2.24) is 14.7 Å².